The monoisotopic (exact) mass is 592 g/mol. The summed E-state index contributed by atoms with van der Waals surface area (Å²) in [6.45, 7) is -0.926. The second-order valence-corrected chi connectivity index (χ2v) is 9.92. The number of carbonyl (C=O) groups is 1. The van der Waals surface area contributed by atoms with E-state index in [1.54, 1.807) is 30.3 Å². The molecule has 0 saturated carbocycles. The Balaban J connectivity index is 1.65. The van der Waals surface area contributed by atoms with E-state index in [9.17, 15) is 36.2 Å². The number of hydrogen-bond acceptors (Lipinski definition) is 4. The van der Waals surface area contributed by atoms with Crippen LogP contribution in [0.3, 0.4) is 0 Å². The van der Waals surface area contributed by atoms with Crippen molar-refractivity contribution < 1.29 is 40.6 Å². The van der Waals surface area contributed by atoms with Gasteiger partial charge < -0.3 is 5.11 Å². The molecule has 42 heavy (non-hydrogen) atoms. The lowest BCUT2D eigenvalue weighted by molar-refractivity contribution is -0.148. The Labute approximate surface area is 235 Å². The molecule has 3 heterocycles. The molecule has 13 heteroatoms. The standard InChI is InChI=1S/C29H23F7N4O2/c30-21-10-9-19(17-5-2-1-3-6-17)25(24(21)18-11-13-39(14-12-18)16-28(31,32)33)22-7-4-8-23(38-22)40-26(29(34,35)36)20(15-37-40)27(41)42/h1-10,15,18H,11-14,16H2,(H,41,42). The van der Waals surface area contributed by atoms with Crippen molar-refractivity contribution in [2.75, 3.05) is 19.6 Å². The minimum atomic E-state index is -5.08. The summed E-state index contributed by atoms with van der Waals surface area (Å²) in [4.78, 5) is 17.1. The van der Waals surface area contributed by atoms with Crippen LogP contribution in [0.25, 0.3) is 28.2 Å². The highest BCUT2D eigenvalue weighted by atomic mass is 19.4. The fraction of sp³-hybridized carbons (Fsp3) is 0.276. The van der Waals surface area contributed by atoms with Gasteiger partial charge in [-0.1, -0.05) is 42.5 Å². The Morgan fingerprint density at radius 3 is 2.24 bits per heavy atom. The van der Waals surface area contributed by atoms with Crippen LogP contribution in [0.15, 0.2) is 66.9 Å². The molecule has 1 saturated heterocycles. The molecule has 220 valence electrons. The molecule has 1 aliphatic heterocycles. The van der Waals surface area contributed by atoms with Gasteiger partial charge in [0.1, 0.15) is 11.4 Å². The average molecular weight is 593 g/mol. The quantitative estimate of drug-likeness (QED) is 0.240. The molecule has 0 amide bonds. The summed E-state index contributed by atoms with van der Waals surface area (Å²) in [7, 11) is 0. The lowest BCUT2D eigenvalue weighted by atomic mass is 9.82. The summed E-state index contributed by atoms with van der Waals surface area (Å²) in [6.07, 6.45) is -8.43. The van der Waals surface area contributed by atoms with Crippen LogP contribution < -0.4 is 0 Å². The second-order valence-electron chi connectivity index (χ2n) is 9.92. The summed E-state index contributed by atoms with van der Waals surface area (Å²) < 4.78 is 96.7. The van der Waals surface area contributed by atoms with Gasteiger partial charge in [-0.05, 0) is 61.2 Å². The topological polar surface area (TPSA) is 71.2 Å². The van der Waals surface area contributed by atoms with Gasteiger partial charge >= 0.3 is 18.3 Å². The number of rotatable bonds is 6. The van der Waals surface area contributed by atoms with Crippen molar-refractivity contribution in [3.8, 4) is 28.2 Å². The van der Waals surface area contributed by atoms with Crippen LogP contribution in [-0.4, -0.2) is 56.6 Å². The molecule has 0 bridgehead atoms. The lowest BCUT2D eigenvalue weighted by Gasteiger charge is -2.34. The molecule has 1 N–H and O–H groups in total. The summed E-state index contributed by atoms with van der Waals surface area (Å²) >= 11 is 0. The van der Waals surface area contributed by atoms with Crippen molar-refractivity contribution in [1.82, 2.24) is 19.7 Å². The fourth-order valence-electron chi connectivity index (χ4n) is 5.39. The normalized spacial score (nSPS) is 15.2. The van der Waals surface area contributed by atoms with E-state index in [2.05, 4.69) is 10.1 Å². The molecular weight excluding hydrogens is 569 g/mol. The zero-order chi connectivity index (χ0) is 30.2. The van der Waals surface area contributed by atoms with Crippen LogP contribution in [0.2, 0.25) is 0 Å². The van der Waals surface area contributed by atoms with E-state index in [0.29, 0.717) is 22.0 Å². The third-order valence-electron chi connectivity index (χ3n) is 7.15. The van der Waals surface area contributed by atoms with Crippen molar-refractivity contribution in [2.45, 2.75) is 31.1 Å². The van der Waals surface area contributed by atoms with Crippen molar-refractivity contribution >= 4 is 5.97 Å². The number of carboxylic acids is 1. The molecule has 2 aromatic carbocycles. The predicted octanol–water partition coefficient (Wildman–Crippen LogP) is 7.20. The Morgan fingerprint density at radius 1 is 0.929 bits per heavy atom. The van der Waals surface area contributed by atoms with E-state index in [-0.39, 0.29) is 48.6 Å². The zero-order valence-electron chi connectivity index (χ0n) is 21.8. The number of carboxylic acid groups (broad SMARTS) is 1. The first-order valence-corrected chi connectivity index (χ1v) is 12.9. The van der Waals surface area contributed by atoms with Gasteiger partial charge in [0.05, 0.1) is 18.4 Å². The minimum Gasteiger partial charge on any atom is -0.478 e. The first kappa shape index (κ1) is 29.2. The molecule has 0 spiro atoms. The van der Waals surface area contributed by atoms with Crippen molar-refractivity contribution in [2.24, 2.45) is 0 Å². The van der Waals surface area contributed by atoms with Crippen molar-refractivity contribution in [1.29, 1.82) is 0 Å². The molecule has 0 atom stereocenters. The smallest absolute Gasteiger partial charge is 0.434 e. The number of benzene rings is 2. The SMILES string of the molecule is O=C(O)c1cnn(-c2cccc(-c3c(-c4ccccc4)ccc(F)c3C3CCN(CC(F)(F)F)CC3)n2)c1C(F)(F)F. The van der Waals surface area contributed by atoms with Crippen molar-refractivity contribution in [3.05, 3.63) is 89.5 Å². The maximum Gasteiger partial charge on any atom is 0.434 e. The van der Waals surface area contributed by atoms with Gasteiger partial charge in [-0.15, -0.1) is 0 Å². The van der Waals surface area contributed by atoms with Crippen LogP contribution in [0.4, 0.5) is 30.7 Å². The number of alkyl halides is 6. The van der Waals surface area contributed by atoms with Crippen LogP contribution in [0.1, 0.15) is 40.4 Å². The highest BCUT2D eigenvalue weighted by Gasteiger charge is 2.41. The number of aromatic nitrogens is 3. The van der Waals surface area contributed by atoms with Gasteiger partial charge in [0.15, 0.2) is 11.5 Å². The maximum absolute atomic E-state index is 15.7. The number of likely N-dealkylation sites (tertiary alicyclic amines) is 1. The second kappa shape index (κ2) is 11.2. The minimum absolute atomic E-state index is 0.0757. The van der Waals surface area contributed by atoms with Crippen LogP contribution in [-0.2, 0) is 6.18 Å². The van der Waals surface area contributed by atoms with Gasteiger partial charge in [-0.25, -0.2) is 18.9 Å². The summed E-state index contributed by atoms with van der Waals surface area (Å²) in [6, 6.07) is 15.7. The number of nitrogens with zero attached hydrogens (tertiary/aromatic N) is 4. The number of hydrogen-bond donors (Lipinski definition) is 1. The Bertz CT molecular complexity index is 1590. The average Bonchev–Trinajstić information content (AvgIpc) is 3.40. The lowest BCUT2D eigenvalue weighted by Crippen LogP contribution is -2.39. The van der Waals surface area contributed by atoms with Gasteiger partial charge in [-0.3, -0.25) is 4.90 Å². The molecule has 1 fully saturated rings. The molecule has 0 aliphatic carbocycles. The van der Waals surface area contributed by atoms with Crippen LogP contribution >= 0.6 is 0 Å². The van der Waals surface area contributed by atoms with Gasteiger partial charge in [0.25, 0.3) is 0 Å². The highest BCUT2D eigenvalue weighted by Crippen LogP contribution is 2.43. The van der Waals surface area contributed by atoms with E-state index in [0.717, 1.165) is 0 Å². The number of pyridine rings is 1. The Hall–Kier alpha value is -4.26. The summed E-state index contributed by atoms with van der Waals surface area (Å²) in [5.41, 5.74) is -0.807. The van der Waals surface area contributed by atoms with E-state index in [1.807, 2.05) is 0 Å². The third kappa shape index (κ3) is 6.01. The van der Waals surface area contributed by atoms with Gasteiger partial charge in [-0.2, -0.15) is 31.4 Å². The van der Waals surface area contributed by atoms with E-state index < -0.39 is 47.9 Å². The molecule has 0 radical (unpaired) electrons. The van der Waals surface area contributed by atoms with E-state index >= 15 is 4.39 Å². The number of halogens is 7. The summed E-state index contributed by atoms with van der Waals surface area (Å²) in [5, 5.41) is 12.9. The van der Waals surface area contributed by atoms with E-state index in [1.165, 1.54) is 35.2 Å². The molecule has 2 aromatic heterocycles. The first-order chi connectivity index (χ1) is 19.8. The van der Waals surface area contributed by atoms with Crippen molar-refractivity contribution in [3.63, 3.8) is 0 Å². The highest BCUT2D eigenvalue weighted by molar-refractivity contribution is 5.89. The van der Waals surface area contributed by atoms with Crippen LogP contribution in [0.5, 0.6) is 0 Å². The Kier molecular flexibility index (Phi) is 7.80. The van der Waals surface area contributed by atoms with Gasteiger partial charge in [0.2, 0.25) is 0 Å². The zero-order valence-corrected chi connectivity index (χ0v) is 21.8. The van der Waals surface area contributed by atoms with Gasteiger partial charge in [0, 0.05) is 11.1 Å². The molecule has 5 rings (SSSR count). The first-order valence-electron chi connectivity index (χ1n) is 12.9. The molecule has 1 aliphatic rings. The Morgan fingerprint density at radius 2 is 1.62 bits per heavy atom. The predicted molar refractivity (Wildman–Crippen MR) is 139 cm³/mol. The number of piperidine rings is 1. The van der Waals surface area contributed by atoms with Crippen LogP contribution in [0, 0.1) is 5.82 Å². The maximum atomic E-state index is 15.7. The third-order valence-corrected chi connectivity index (χ3v) is 7.15. The van der Waals surface area contributed by atoms with E-state index in [4.69, 9.17) is 0 Å². The molecule has 6 nitrogen and oxygen atoms in total. The summed E-state index contributed by atoms with van der Waals surface area (Å²) in [5.74, 6) is -3.27. The number of aromatic carboxylic acids is 1. The fourth-order valence-corrected chi connectivity index (χ4v) is 5.39. The molecule has 0 unspecified atom stereocenters. The molecule has 4 aromatic rings. The largest absolute Gasteiger partial charge is 0.478 e. The molecular formula is C29H23F7N4O2.